The molecule has 6 nitrogen and oxygen atoms in total. The molecule has 0 aliphatic rings. The molecule has 0 unspecified atom stereocenters. The number of benzene rings is 2. The van der Waals surface area contributed by atoms with E-state index in [1.165, 1.54) is 33.5 Å². The lowest BCUT2D eigenvalue weighted by molar-refractivity contribution is 0.0696. The number of rotatable bonds is 6. The maximum atomic E-state index is 11.1. The van der Waals surface area contributed by atoms with Gasteiger partial charge in [-0.25, -0.2) is 4.79 Å². The van der Waals surface area contributed by atoms with Gasteiger partial charge in [-0.2, -0.15) is 0 Å². The van der Waals surface area contributed by atoms with E-state index >= 15 is 0 Å². The minimum atomic E-state index is -1.04. The summed E-state index contributed by atoms with van der Waals surface area (Å²) in [5.74, 6) is 1.24. The Balaban J connectivity index is 2.37. The summed E-state index contributed by atoms with van der Waals surface area (Å²) in [4.78, 5) is 11.1. The average molecular weight is 304 g/mol. The van der Waals surface area contributed by atoms with Crippen molar-refractivity contribution in [3.63, 3.8) is 0 Å². The molecule has 116 valence electrons. The summed E-state index contributed by atoms with van der Waals surface area (Å²) in [7, 11) is 4.54. The quantitative estimate of drug-likeness (QED) is 0.883. The van der Waals surface area contributed by atoms with Crippen molar-refractivity contribution in [3.8, 4) is 28.7 Å². The van der Waals surface area contributed by atoms with Gasteiger partial charge in [0.05, 0.1) is 26.9 Å². The van der Waals surface area contributed by atoms with Crippen LogP contribution < -0.4 is 18.9 Å². The second kappa shape index (κ2) is 6.71. The van der Waals surface area contributed by atoms with Crippen LogP contribution in [0.4, 0.5) is 0 Å². The largest absolute Gasteiger partial charge is 0.493 e. The first kappa shape index (κ1) is 15.5. The van der Waals surface area contributed by atoms with Crippen molar-refractivity contribution in [2.75, 3.05) is 21.3 Å². The molecule has 0 spiro atoms. The number of carboxylic acids is 1. The number of methoxy groups -OCH3 is 3. The molecule has 0 saturated heterocycles. The zero-order valence-corrected chi connectivity index (χ0v) is 12.5. The Bertz CT molecular complexity index is 680. The Hall–Kier alpha value is -2.89. The summed E-state index contributed by atoms with van der Waals surface area (Å²) in [5, 5.41) is 9.06. The number of carbonyl (C=O) groups is 1. The second-order valence-corrected chi connectivity index (χ2v) is 4.29. The van der Waals surface area contributed by atoms with Gasteiger partial charge < -0.3 is 24.1 Å². The van der Waals surface area contributed by atoms with Crippen molar-refractivity contribution < 1.29 is 28.8 Å². The Morgan fingerprint density at radius 1 is 0.818 bits per heavy atom. The van der Waals surface area contributed by atoms with E-state index in [4.69, 9.17) is 24.1 Å². The minimum absolute atomic E-state index is 0.108. The van der Waals surface area contributed by atoms with Crippen molar-refractivity contribution in [1.29, 1.82) is 0 Å². The standard InChI is InChI=1S/C16H16O6/c1-19-12-7-5-11(9-14(12)21-3)22-15-8-10(16(17)18)4-6-13(15)20-2/h4-9H,1-3H3,(H,17,18). The number of ether oxygens (including phenoxy) is 4. The van der Waals surface area contributed by atoms with Gasteiger partial charge in [0.15, 0.2) is 23.0 Å². The second-order valence-electron chi connectivity index (χ2n) is 4.29. The van der Waals surface area contributed by atoms with Crippen LogP contribution in [0.3, 0.4) is 0 Å². The van der Waals surface area contributed by atoms with Crippen molar-refractivity contribution in [3.05, 3.63) is 42.0 Å². The summed E-state index contributed by atoms with van der Waals surface area (Å²) in [6, 6.07) is 9.42. The van der Waals surface area contributed by atoms with Gasteiger partial charge in [0.2, 0.25) is 0 Å². The highest BCUT2D eigenvalue weighted by molar-refractivity contribution is 5.88. The molecule has 0 fully saturated rings. The van der Waals surface area contributed by atoms with Crippen LogP contribution in [-0.2, 0) is 0 Å². The van der Waals surface area contributed by atoms with Gasteiger partial charge in [-0.15, -0.1) is 0 Å². The van der Waals surface area contributed by atoms with E-state index in [0.29, 0.717) is 28.7 Å². The zero-order valence-electron chi connectivity index (χ0n) is 12.5. The summed E-state index contributed by atoms with van der Waals surface area (Å²) in [5.41, 5.74) is 0.108. The first-order valence-corrected chi connectivity index (χ1v) is 6.40. The van der Waals surface area contributed by atoms with E-state index < -0.39 is 5.97 Å². The van der Waals surface area contributed by atoms with Gasteiger partial charge in [0.25, 0.3) is 0 Å². The van der Waals surface area contributed by atoms with Crippen LogP contribution in [0.1, 0.15) is 10.4 Å². The zero-order chi connectivity index (χ0) is 16.1. The van der Waals surface area contributed by atoms with Crippen LogP contribution in [0.5, 0.6) is 28.7 Å². The molecule has 0 saturated carbocycles. The highest BCUT2D eigenvalue weighted by atomic mass is 16.5. The van der Waals surface area contributed by atoms with E-state index in [1.807, 2.05) is 0 Å². The third-order valence-electron chi connectivity index (χ3n) is 2.99. The first-order valence-electron chi connectivity index (χ1n) is 6.40. The molecule has 2 aromatic rings. The van der Waals surface area contributed by atoms with Gasteiger partial charge in [-0.1, -0.05) is 0 Å². The van der Waals surface area contributed by atoms with Crippen LogP contribution in [0, 0.1) is 0 Å². The van der Waals surface area contributed by atoms with Gasteiger partial charge in [-0.05, 0) is 30.3 Å². The van der Waals surface area contributed by atoms with Gasteiger partial charge >= 0.3 is 5.97 Å². The van der Waals surface area contributed by atoms with Crippen molar-refractivity contribution in [1.82, 2.24) is 0 Å². The summed E-state index contributed by atoms with van der Waals surface area (Å²) < 4.78 is 21.2. The molecule has 0 heterocycles. The Labute approximate surface area is 127 Å². The van der Waals surface area contributed by atoms with Gasteiger partial charge in [0, 0.05) is 6.07 Å². The van der Waals surface area contributed by atoms with Crippen LogP contribution >= 0.6 is 0 Å². The van der Waals surface area contributed by atoms with Crippen LogP contribution in [-0.4, -0.2) is 32.4 Å². The van der Waals surface area contributed by atoms with Crippen molar-refractivity contribution in [2.24, 2.45) is 0 Å². The van der Waals surface area contributed by atoms with Gasteiger partial charge in [-0.3, -0.25) is 0 Å². The van der Waals surface area contributed by atoms with Crippen LogP contribution in [0.2, 0.25) is 0 Å². The lowest BCUT2D eigenvalue weighted by atomic mass is 10.2. The minimum Gasteiger partial charge on any atom is -0.493 e. The highest BCUT2D eigenvalue weighted by Gasteiger charge is 2.12. The highest BCUT2D eigenvalue weighted by Crippen LogP contribution is 2.36. The molecule has 0 aliphatic carbocycles. The van der Waals surface area contributed by atoms with Crippen LogP contribution in [0.15, 0.2) is 36.4 Å². The van der Waals surface area contributed by atoms with Gasteiger partial charge in [0.1, 0.15) is 5.75 Å². The molecular weight excluding hydrogens is 288 g/mol. The lowest BCUT2D eigenvalue weighted by Crippen LogP contribution is -1.98. The fourth-order valence-electron chi connectivity index (χ4n) is 1.90. The van der Waals surface area contributed by atoms with Crippen LogP contribution in [0.25, 0.3) is 0 Å². The third kappa shape index (κ3) is 3.22. The molecule has 0 bridgehead atoms. The van der Waals surface area contributed by atoms with E-state index in [0.717, 1.165) is 0 Å². The molecule has 2 rings (SSSR count). The Kier molecular flexibility index (Phi) is 4.73. The molecule has 0 radical (unpaired) electrons. The predicted octanol–water partition coefficient (Wildman–Crippen LogP) is 3.20. The third-order valence-corrected chi connectivity index (χ3v) is 2.99. The smallest absolute Gasteiger partial charge is 0.335 e. The Morgan fingerprint density at radius 2 is 1.41 bits per heavy atom. The fraction of sp³-hybridized carbons (Fsp3) is 0.188. The molecule has 1 N–H and O–H groups in total. The molecule has 6 heteroatoms. The SMILES string of the molecule is COc1ccc(Oc2cc(C(=O)O)ccc2OC)cc1OC. The van der Waals surface area contributed by atoms with E-state index in [2.05, 4.69) is 0 Å². The molecule has 22 heavy (non-hydrogen) atoms. The first-order chi connectivity index (χ1) is 10.6. The maximum Gasteiger partial charge on any atom is 0.335 e. The molecule has 2 aromatic carbocycles. The molecule has 0 aliphatic heterocycles. The van der Waals surface area contributed by atoms with E-state index in [1.54, 1.807) is 24.3 Å². The monoisotopic (exact) mass is 304 g/mol. The summed E-state index contributed by atoms with van der Waals surface area (Å²) >= 11 is 0. The van der Waals surface area contributed by atoms with E-state index in [-0.39, 0.29) is 5.56 Å². The molecular formula is C16H16O6. The van der Waals surface area contributed by atoms with Crippen molar-refractivity contribution >= 4 is 5.97 Å². The molecule has 0 aromatic heterocycles. The topological polar surface area (TPSA) is 74.2 Å². The maximum absolute atomic E-state index is 11.1. The normalized spacial score (nSPS) is 9.95. The van der Waals surface area contributed by atoms with Crippen molar-refractivity contribution in [2.45, 2.75) is 0 Å². The Morgan fingerprint density at radius 3 is 2.00 bits per heavy atom. The van der Waals surface area contributed by atoms with E-state index in [9.17, 15) is 4.79 Å². The predicted molar refractivity (Wildman–Crippen MR) is 79.6 cm³/mol. The number of aromatic carboxylic acids is 1. The average Bonchev–Trinajstić information content (AvgIpc) is 2.54. The lowest BCUT2D eigenvalue weighted by Gasteiger charge is -2.13. The fourth-order valence-corrected chi connectivity index (χ4v) is 1.90. The summed E-state index contributed by atoms with van der Waals surface area (Å²) in [6.07, 6.45) is 0. The number of carboxylic acid groups (broad SMARTS) is 1. The number of hydrogen-bond acceptors (Lipinski definition) is 5. The summed E-state index contributed by atoms with van der Waals surface area (Å²) in [6.45, 7) is 0. The number of hydrogen-bond donors (Lipinski definition) is 1. The molecule has 0 amide bonds. The molecule has 0 atom stereocenters.